The van der Waals surface area contributed by atoms with Crippen LogP contribution in [0.4, 0.5) is 13.2 Å². The van der Waals surface area contributed by atoms with Crippen LogP contribution in [0.5, 0.6) is 11.5 Å². The van der Waals surface area contributed by atoms with E-state index in [2.05, 4.69) is 6.92 Å². The quantitative estimate of drug-likeness (QED) is 0.316. The highest BCUT2D eigenvalue weighted by molar-refractivity contribution is 5.89. The van der Waals surface area contributed by atoms with Gasteiger partial charge >= 0.3 is 18.1 Å². The lowest BCUT2D eigenvalue weighted by atomic mass is 9.67. The molecule has 2 aliphatic rings. The molecule has 3 rings (SSSR count). The van der Waals surface area contributed by atoms with Crippen molar-refractivity contribution >= 4 is 11.9 Å². The van der Waals surface area contributed by atoms with Crippen LogP contribution in [0.3, 0.4) is 0 Å². The van der Waals surface area contributed by atoms with Gasteiger partial charge in [-0.3, -0.25) is 0 Å². The van der Waals surface area contributed by atoms with Crippen LogP contribution >= 0.6 is 0 Å². The zero-order chi connectivity index (χ0) is 23.7. The summed E-state index contributed by atoms with van der Waals surface area (Å²) in [6.07, 6.45) is 1.10. The van der Waals surface area contributed by atoms with Crippen LogP contribution in [0, 0.1) is 5.92 Å². The number of hydrogen-bond donors (Lipinski definition) is 0. The number of fused-ring (bicyclic) bond motifs is 3. The molecule has 0 unspecified atom stereocenters. The first kappa shape index (κ1) is 24.1. The molecular formula is C24H29F3O5. The molecule has 0 fully saturated rings. The van der Waals surface area contributed by atoms with Crippen molar-refractivity contribution in [2.24, 2.45) is 5.92 Å². The van der Waals surface area contributed by atoms with Gasteiger partial charge in [0.1, 0.15) is 17.1 Å². The number of allylic oxidation sites excluding steroid dienone is 1. The van der Waals surface area contributed by atoms with E-state index in [1.54, 1.807) is 6.08 Å². The number of alkyl halides is 3. The van der Waals surface area contributed by atoms with Gasteiger partial charge in [0.15, 0.2) is 0 Å². The fraction of sp³-hybridized carbons (Fsp3) is 0.583. The van der Waals surface area contributed by atoms with Gasteiger partial charge < -0.3 is 14.2 Å². The van der Waals surface area contributed by atoms with Gasteiger partial charge in [-0.05, 0) is 57.2 Å². The number of carbonyl (C=O) groups excluding carboxylic acids is 2. The van der Waals surface area contributed by atoms with E-state index in [4.69, 9.17) is 14.2 Å². The number of carbonyl (C=O) groups is 2. The van der Waals surface area contributed by atoms with Crippen LogP contribution in [0.2, 0.25) is 0 Å². The minimum atomic E-state index is -5.13. The highest BCUT2D eigenvalue weighted by Crippen LogP contribution is 2.54. The van der Waals surface area contributed by atoms with E-state index in [0.717, 1.165) is 24.8 Å². The van der Waals surface area contributed by atoms with Crippen LogP contribution in [0.25, 0.3) is 0 Å². The Morgan fingerprint density at radius 1 is 1.22 bits per heavy atom. The number of aryl methyl sites for hydroxylation is 1. The molecule has 0 bridgehead atoms. The number of rotatable bonds is 6. The van der Waals surface area contributed by atoms with E-state index >= 15 is 0 Å². The van der Waals surface area contributed by atoms with E-state index in [0.29, 0.717) is 36.1 Å². The normalized spacial score (nSPS) is 21.5. The van der Waals surface area contributed by atoms with Crippen LogP contribution in [-0.4, -0.2) is 30.8 Å². The predicted octanol–water partition coefficient (Wildman–Crippen LogP) is 5.65. The Balaban J connectivity index is 2.13. The van der Waals surface area contributed by atoms with Gasteiger partial charge in [-0.15, -0.1) is 0 Å². The second-order valence-electron chi connectivity index (χ2n) is 8.91. The van der Waals surface area contributed by atoms with Crippen LogP contribution in [0.15, 0.2) is 23.8 Å². The van der Waals surface area contributed by atoms with Crippen molar-refractivity contribution in [3.63, 3.8) is 0 Å². The predicted molar refractivity (Wildman–Crippen MR) is 112 cm³/mol. The minimum Gasteiger partial charge on any atom is -0.487 e. The summed E-state index contributed by atoms with van der Waals surface area (Å²) in [5, 5.41) is 0. The fourth-order valence-corrected chi connectivity index (χ4v) is 4.67. The molecule has 1 aliphatic carbocycles. The molecular weight excluding hydrogens is 425 g/mol. The number of methoxy groups -OCH3 is 1. The van der Waals surface area contributed by atoms with E-state index < -0.39 is 29.6 Å². The van der Waals surface area contributed by atoms with Gasteiger partial charge in [0.25, 0.3) is 0 Å². The molecule has 8 heteroatoms. The van der Waals surface area contributed by atoms with Gasteiger partial charge in [-0.25, -0.2) is 9.59 Å². The molecule has 5 nitrogen and oxygen atoms in total. The molecule has 0 N–H and O–H groups in total. The molecule has 176 valence electrons. The fourth-order valence-electron chi connectivity index (χ4n) is 4.67. The van der Waals surface area contributed by atoms with Crippen molar-refractivity contribution in [3.8, 4) is 11.5 Å². The average Bonchev–Trinajstić information content (AvgIpc) is 2.71. The maximum atomic E-state index is 13.0. The summed E-state index contributed by atoms with van der Waals surface area (Å²) in [6, 6.07) is 3.31. The second-order valence-corrected chi connectivity index (χ2v) is 8.91. The minimum absolute atomic E-state index is 0.113. The Morgan fingerprint density at radius 3 is 2.56 bits per heavy atom. The first-order valence-electron chi connectivity index (χ1n) is 10.9. The van der Waals surface area contributed by atoms with Crippen molar-refractivity contribution in [2.75, 3.05) is 7.11 Å². The van der Waals surface area contributed by atoms with E-state index in [-0.39, 0.29) is 11.7 Å². The molecule has 0 aromatic heterocycles. The number of benzene rings is 1. The molecule has 2 atom stereocenters. The molecule has 0 saturated heterocycles. The number of unbranched alkanes of at least 4 members (excludes halogenated alkanes) is 2. The van der Waals surface area contributed by atoms with E-state index in [1.165, 1.54) is 13.2 Å². The highest BCUT2D eigenvalue weighted by Gasteiger charge is 2.48. The molecule has 0 amide bonds. The lowest BCUT2D eigenvalue weighted by molar-refractivity contribution is -0.189. The number of esters is 2. The van der Waals surface area contributed by atoms with Crippen molar-refractivity contribution in [1.29, 1.82) is 0 Å². The van der Waals surface area contributed by atoms with Gasteiger partial charge in [0.05, 0.1) is 7.11 Å². The molecule has 1 aromatic carbocycles. The largest absolute Gasteiger partial charge is 0.491 e. The molecule has 32 heavy (non-hydrogen) atoms. The number of ether oxygens (including phenoxy) is 3. The number of hydrogen-bond acceptors (Lipinski definition) is 5. The zero-order valence-electron chi connectivity index (χ0n) is 18.8. The van der Waals surface area contributed by atoms with Crippen molar-refractivity contribution < 1.29 is 37.0 Å². The molecule has 0 radical (unpaired) electrons. The van der Waals surface area contributed by atoms with Crippen LogP contribution < -0.4 is 9.47 Å². The highest BCUT2D eigenvalue weighted by atomic mass is 19.4. The molecule has 1 heterocycles. The zero-order valence-corrected chi connectivity index (χ0v) is 18.8. The van der Waals surface area contributed by atoms with E-state index in [9.17, 15) is 22.8 Å². The third kappa shape index (κ3) is 4.94. The first-order chi connectivity index (χ1) is 15.0. The maximum absolute atomic E-state index is 13.0. The summed E-state index contributed by atoms with van der Waals surface area (Å²) >= 11 is 0. The Kier molecular flexibility index (Phi) is 6.91. The van der Waals surface area contributed by atoms with Crippen molar-refractivity contribution in [1.82, 2.24) is 0 Å². The third-order valence-electron chi connectivity index (χ3n) is 6.25. The van der Waals surface area contributed by atoms with E-state index in [1.807, 2.05) is 19.9 Å². The summed E-state index contributed by atoms with van der Waals surface area (Å²) in [5.41, 5.74) is 0.942. The van der Waals surface area contributed by atoms with Gasteiger partial charge in [-0.1, -0.05) is 25.8 Å². The second kappa shape index (κ2) is 9.16. The Bertz CT molecular complexity index is 917. The Hall–Kier alpha value is -2.51. The van der Waals surface area contributed by atoms with Gasteiger partial charge in [0, 0.05) is 23.0 Å². The Labute approximate surface area is 185 Å². The van der Waals surface area contributed by atoms with Crippen molar-refractivity contribution in [2.45, 2.75) is 77.0 Å². The van der Waals surface area contributed by atoms with Crippen LogP contribution in [0.1, 0.15) is 69.9 Å². The summed E-state index contributed by atoms with van der Waals surface area (Å²) in [6.45, 7) is 5.91. The maximum Gasteiger partial charge on any atom is 0.491 e. The molecule has 0 saturated carbocycles. The third-order valence-corrected chi connectivity index (χ3v) is 6.25. The molecule has 1 aromatic rings. The van der Waals surface area contributed by atoms with Gasteiger partial charge in [0.2, 0.25) is 0 Å². The van der Waals surface area contributed by atoms with Crippen molar-refractivity contribution in [3.05, 3.63) is 34.9 Å². The summed E-state index contributed by atoms with van der Waals surface area (Å²) in [5.74, 6) is -3.09. The Morgan fingerprint density at radius 2 is 1.94 bits per heavy atom. The smallest absolute Gasteiger partial charge is 0.487 e. The molecule has 1 aliphatic heterocycles. The first-order valence-corrected chi connectivity index (χ1v) is 10.9. The summed E-state index contributed by atoms with van der Waals surface area (Å²) < 4.78 is 55.0. The lowest BCUT2D eigenvalue weighted by Crippen LogP contribution is -2.45. The summed E-state index contributed by atoms with van der Waals surface area (Å²) in [7, 11) is 1.29. The number of halogens is 3. The van der Waals surface area contributed by atoms with Gasteiger partial charge in [-0.2, -0.15) is 13.2 Å². The topological polar surface area (TPSA) is 61.8 Å². The monoisotopic (exact) mass is 454 g/mol. The molecule has 0 spiro atoms. The SMILES string of the molecule is CCCCCc1cc(OC(=O)C(F)(F)F)c2c(c1)OC(C)(C)[C@@H]1CCC(C(=O)OC)=C[C@@H]21. The average molecular weight is 454 g/mol. The summed E-state index contributed by atoms with van der Waals surface area (Å²) in [4.78, 5) is 23.9. The standard InChI is InChI=1S/C24H29F3O5/c1-5-6-7-8-14-11-18(31-22(29)24(25,26)27)20-16-13-15(21(28)30-4)9-10-17(16)23(2,3)32-19(20)12-14/h11-13,16-17H,5-10H2,1-4H3/t16-,17-/m1/s1. The van der Waals surface area contributed by atoms with Crippen LogP contribution in [-0.2, 0) is 20.7 Å². The lowest BCUT2D eigenvalue weighted by Gasteiger charge is -2.46.